The van der Waals surface area contributed by atoms with Gasteiger partial charge in [-0.05, 0) is 73.2 Å². The monoisotopic (exact) mass is 413 g/mol. The van der Waals surface area contributed by atoms with Crippen molar-refractivity contribution in [2.45, 2.75) is 6.92 Å². The Bertz CT molecular complexity index is 1240. The van der Waals surface area contributed by atoms with E-state index in [-0.39, 0.29) is 5.91 Å². The molecule has 6 heteroatoms. The molecule has 1 heterocycles. The second-order valence-electron chi connectivity index (χ2n) is 7.06. The van der Waals surface area contributed by atoms with E-state index < -0.39 is 0 Å². The van der Waals surface area contributed by atoms with Gasteiger partial charge in [0.15, 0.2) is 0 Å². The van der Waals surface area contributed by atoms with Gasteiger partial charge in [0.25, 0.3) is 5.91 Å². The van der Waals surface area contributed by atoms with Crippen LogP contribution in [0.3, 0.4) is 0 Å². The maximum absolute atomic E-state index is 12.7. The normalized spacial score (nSPS) is 10.5. The van der Waals surface area contributed by atoms with Gasteiger partial charge in [0.05, 0.1) is 25.3 Å². The molecule has 1 aromatic heterocycles. The lowest BCUT2D eigenvalue weighted by atomic mass is 10.1. The average Bonchev–Trinajstić information content (AvgIpc) is 2.80. The van der Waals surface area contributed by atoms with Gasteiger partial charge in [-0.15, -0.1) is 0 Å². The first kappa shape index (κ1) is 20.2. The van der Waals surface area contributed by atoms with Crippen LogP contribution in [-0.2, 0) is 0 Å². The summed E-state index contributed by atoms with van der Waals surface area (Å²) in [7, 11) is 3.19. The van der Waals surface area contributed by atoms with Gasteiger partial charge in [-0.3, -0.25) is 4.79 Å². The number of amides is 1. The van der Waals surface area contributed by atoms with Crippen LogP contribution in [0.15, 0.2) is 72.8 Å². The van der Waals surface area contributed by atoms with Crippen LogP contribution in [0.5, 0.6) is 11.5 Å². The molecule has 4 aromatic rings. The van der Waals surface area contributed by atoms with Crippen LogP contribution in [0.2, 0.25) is 0 Å². The largest absolute Gasteiger partial charge is 0.497 e. The minimum Gasteiger partial charge on any atom is -0.497 e. The summed E-state index contributed by atoms with van der Waals surface area (Å²) in [5.41, 5.74) is 4.00. The minimum absolute atomic E-state index is 0.222. The molecule has 0 saturated carbocycles. The zero-order valence-corrected chi connectivity index (χ0v) is 17.6. The lowest BCUT2D eigenvalue weighted by Gasteiger charge is -2.12. The summed E-state index contributed by atoms with van der Waals surface area (Å²) in [5.74, 6) is 1.87. The number of carbonyl (C=O) groups excluding carboxylic acids is 1. The summed E-state index contributed by atoms with van der Waals surface area (Å²) >= 11 is 0. The predicted octanol–water partition coefficient (Wildman–Crippen LogP) is 5.56. The molecular weight excluding hydrogens is 390 g/mol. The van der Waals surface area contributed by atoms with Gasteiger partial charge in [-0.25, -0.2) is 4.98 Å². The molecule has 0 radical (unpaired) electrons. The van der Waals surface area contributed by atoms with Crippen molar-refractivity contribution in [2.75, 3.05) is 24.9 Å². The Morgan fingerprint density at radius 2 is 1.61 bits per heavy atom. The van der Waals surface area contributed by atoms with Gasteiger partial charge in [0, 0.05) is 16.8 Å². The van der Waals surface area contributed by atoms with Crippen molar-refractivity contribution in [3.63, 3.8) is 0 Å². The van der Waals surface area contributed by atoms with Crippen LogP contribution in [0, 0.1) is 6.92 Å². The maximum Gasteiger partial charge on any atom is 0.259 e. The number of benzene rings is 3. The molecule has 31 heavy (non-hydrogen) atoms. The molecule has 156 valence electrons. The van der Waals surface area contributed by atoms with Crippen molar-refractivity contribution in [3.05, 3.63) is 83.9 Å². The zero-order chi connectivity index (χ0) is 21.8. The number of aryl methyl sites for hydroxylation is 1. The number of nitrogens with one attached hydrogen (secondary N) is 2. The summed E-state index contributed by atoms with van der Waals surface area (Å²) in [6, 6.07) is 22.5. The molecule has 4 rings (SSSR count). The number of hydrogen-bond donors (Lipinski definition) is 2. The summed E-state index contributed by atoms with van der Waals surface area (Å²) in [6.45, 7) is 2.02. The Labute approximate surface area is 180 Å². The van der Waals surface area contributed by atoms with E-state index in [2.05, 4.69) is 10.6 Å². The van der Waals surface area contributed by atoms with Crippen molar-refractivity contribution < 1.29 is 14.3 Å². The average molecular weight is 413 g/mol. The molecule has 0 saturated heterocycles. The van der Waals surface area contributed by atoms with Crippen LogP contribution in [-0.4, -0.2) is 25.1 Å². The number of pyridine rings is 1. The molecule has 3 aromatic carbocycles. The van der Waals surface area contributed by atoms with Gasteiger partial charge in [0.2, 0.25) is 0 Å². The molecule has 0 spiro atoms. The molecule has 0 bridgehead atoms. The van der Waals surface area contributed by atoms with Gasteiger partial charge in [-0.2, -0.15) is 0 Å². The number of methoxy groups -OCH3 is 2. The third kappa shape index (κ3) is 4.43. The van der Waals surface area contributed by atoms with E-state index in [1.807, 2.05) is 67.6 Å². The van der Waals surface area contributed by atoms with Gasteiger partial charge in [-0.1, -0.05) is 12.1 Å². The highest BCUT2D eigenvalue weighted by Gasteiger charge is 2.12. The summed E-state index contributed by atoms with van der Waals surface area (Å²) in [4.78, 5) is 17.4. The fraction of sp³-hybridized carbons (Fsp3) is 0.120. The summed E-state index contributed by atoms with van der Waals surface area (Å²) in [5, 5.41) is 7.23. The molecule has 1 amide bonds. The first-order valence-electron chi connectivity index (χ1n) is 9.84. The highest BCUT2D eigenvalue weighted by molar-refractivity contribution is 6.07. The van der Waals surface area contributed by atoms with E-state index in [1.54, 1.807) is 26.4 Å². The topological polar surface area (TPSA) is 72.5 Å². The Balaban J connectivity index is 1.57. The Hall–Kier alpha value is -4.06. The van der Waals surface area contributed by atoms with E-state index in [4.69, 9.17) is 14.5 Å². The highest BCUT2D eigenvalue weighted by atomic mass is 16.5. The van der Waals surface area contributed by atoms with E-state index in [9.17, 15) is 4.79 Å². The van der Waals surface area contributed by atoms with Crippen molar-refractivity contribution in [3.8, 4) is 11.5 Å². The Morgan fingerprint density at radius 1 is 0.871 bits per heavy atom. The van der Waals surface area contributed by atoms with Crippen molar-refractivity contribution in [1.82, 2.24) is 4.98 Å². The molecule has 6 nitrogen and oxygen atoms in total. The zero-order valence-electron chi connectivity index (χ0n) is 17.6. The van der Waals surface area contributed by atoms with Crippen LogP contribution in [0.4, 0.5) is 17.2 Å². The Kier molecular flexibility index (Phi) is 5.71. The molecule has 0 aliphatic rings. The maximum atomic E-state index is 12.7. The minimum atomic E-state index is -0.222. The number of rotatable bonds is 6. The molecule has 0 atom stereocenters. The summed E-state index contributed by atoms with van der Waals surface area (Å²) < 4.78 is 10.5. The number of aromatic nitrogens is 1. The molecular formula is C25H23N3O3. The number of nitrogens with zero attached hydrogens (tertiary/aromatic N) is 1. The van der Waals surface area contributed by atoms with Crippen LogP contribution in [0.25, 0.3) is 10.9 Å². The molecule has 0 aliphatic carbocycles. The van der Waals surface area contributed by atoms with Gasteiger partial charge >= 0.3 is 0 Å². The molecule has 0 fully saturated rings. The molecule has 0 unspecified atom stereocenters. The van der Waals surface area contributed by atoms with Crippen LogP contribution < -0.4 is 20.1 Å². The third-order valence-corrected chi connectivity index (χ3v) is 4.99. The number of hydrogen-bond acceptors (Lipinski definition) is 5. The number of ether oxygens (including phenoxy) is 2. The van der Waals surface area contributed by atoms with Crippen molar-refractivity contribution in [2.24, 2.45) is 0 Å². The highest BCUT2D eigenvalue weighted by Crippen LogP contribution is 2.27. The first-order chi connectivity index (χ1) is 15.1. The smallest absolute Gasteiger partial charge is 0.259 e. The number of carbonyl (C=O) groups is 1. The van der Waals surface area contributed by atoms with E-state index in [1.165, 1.54) is 0 Å². The number of para-hydroxylation sites is 1. The number of fused-ring (bicyclic) bond motifs is 1. The standard InChI is InChI=1S/C25H23N3O3/c1-16-14-24(26-17-8-11-19(30-2)12-9-17)28-22-13-10-18(15-21(16)22)27-25(29)20-6-4-5-7-23(20)31-3/h4-15H,1-3H3,(H,26,28)(H,27,29). The summed E-state index contributed by atoms with van der Waals surface area (Å²) in [6.07, 6.45) is 0. The Morgan fingerprint density at radius 3 is 2.35 bits per heavy atom. The lowest BCUT2D eigenvalue weighted by Crippen LogP contribution is -2.13. The van der Waals surface area contributed by atoms with E-state index in [0.717, 1.165) is 33.7 Å². The predicted molar refractivity (Wildman–Crippen MR) is 124 cm³/mol. The molecule has 0 aliphatic heterocycles. The second-order valence-corrected chi connectivity index (χ2v) is 7.06. The fourth-order valence-corrected chi connectivity index (χ4v) is 3.39. The van der Waals surface area contributed by atoms with Crippen LogP contribution in [0.1, 0.15) is 15.9 Å². The lowest BCUT2D eigenvalue weighted by molar-refractivity contribution is 0.102. The second kappa shape index (κ2) is 8.75. The fourth-order valence-electron chi connectivity index (χ4n) is 3.39. The van der Waals surface area contributed by atoms with Gasteiger partial charge < -0.3 is 20.1 Å². The third-order valence-electron chi connectivity index (χ3n) is 4.99. The SMILES string of the molecule is COc1ccc(Nc2cc(C)c3cc(NC(=O)c4ccccc4OC)ccc3n2)cc1. The van der Waals surface area contributed by atoms with Crippen molar-refractivity contribution in [1.29, 1.82) is 0 Å². The number of anilines is 3. The van der Waals surface area contributed by atoms with Crippen molar-refractivity contribution >= 4 is 34.0 Å². The van der Waals surface area contributed by atoms with E-state index >= 15 is 0 Å². The molecule has 2 N–H and O–H groups in total. The van der Waals surface area contributed by atoms with E-state index in [0.29, 0.717) is 17.0 Å². The van der Waals surface area contributed by atoms with Crippen LogP contribution >= 0.6 is 0 Å². The van der Waals surface area contributed by atoms with Gasteiger partial charge in [0.1, 0.15) is 17.3 Å². The first-order valence-corrected chi connectivity index (χ1v) is 9.84. The quantitative estimate of drug-likeness (QED) is 0.433.